The zero-order valence-electron chi connectivity index (χ0n) is 19.2. The third kappa shape index (κ3) is 3.78. The maximum atomic E-state index is 14.6. The third-order valence-electron chi connectivity index (χ3n) is 6.91. The monoisotopic (exact) mass is 507 g/mol. The third-order valence-corrected chi connectivity index (χ3v) is 6.91. The summed E-state index contributed by atoms with van der Waals surface area (Å²) in [5, 5.41) is 22.0. The average Bonchev–Trinajstić information content (AvgIpc) is 3.30. The number of phenols is 1. The molecule has 37 heavy (non-hydrogen) atoms. The van der Waals surface area contributed by atoms with Crippen LogP contribution in [0.5, 0.6) is 11.6 Å². The number of hydrogen-bond donors (Lipinski definition) is 2. The largest absolute Gasteiger partial charge is 0.504 e. The van der Waals surface area contributed by atoms with E-state index >= 15 is 0 Å². The van der Waals surface area contributed by atoms with Crippen LogP contribution in [0.25, 0.3) is 22.2 Å². The van der Waals surface area contributed by atoms with Crippen LogP contribution >= 0.6 is 0 Å². The highest BCUT2D eigenvalue weighted by atomic mass is 19.3. The summed E-state index contributed by atoms with van der Waals surface area (Å²) in [6, 6.07) is 14.0. The highest BCUT2D eigenvalue weighted by Crippen LogP contribution is 2.46. The van der Waals surface area contributed by atoms with E-state index in [1.807, 2.05) is 0 Å². The maximum Gasteiger partial charge on any atom is 0.263 e. The number of carbonyl (C=O) groups is 1. The summed E-state index contributed by atoms with van der Waals surface area (Å²) in [5.74, 6) is -0.818. The second-order valence-corrected chi connectivity index (χ2v) is 9.13. The molecule has 2 N–H and O–H groups in total. The maximum absolute atomic E-state index is 14.6. The van der Waals surface area contributed by atoms with Gasteiger partial charge < -0.3 is 20.1 Å². The van der Waals surface area contributed by atoms with Crippen LogP contribution in [0, 0.1) is 5.82 Å². The quantitative estimate of drug-likeness (QED) is 0.383. The van der Waals surface area contributed by atoms with Gasteiger partial charge >= 0.3 is 0 Å². The number of anilines is 2. The molecule has 0 saturated carbocycles. The lowest BCUT2D eigenvalue weighted by molar-refractivity contribution is 0.0529. The van der Waals surface area contributed by atoms with Gasteiger partial charge in [0.2, 0.25) is 5.88 Å². The SMILES string of the molecule is O=Cc1ccc2nc(O[C@H]3CN4c5cc(-c6cccc(F)c6O)nnc5NC[C@@]4(C(F)F)C3)ccc2c1. The lowest BCUT2D eigenvalue weighted by atomic mass is 9.93. The first-order valence-electron chi connectivity index (χ1n) is 11.6. The van der Waals surface area contributed by atoms with Crippen LogP contribution in [-0.4, -0.2) is 57.7 Å². The summed E-state index contributed by atoms with van der Waals surface area (Å²) in [6.07, 6.45) is -2.56. The molecular weight excluding hydrogens is 487 g/mol. The minimum atomic E-state index is -2.72. The second kappa shape index (κ2) is 8.61. The number of pyridine rings is 1. The van der Waals surface area contributed by atoms with E-state index in [0.717, 1.165) is 17.7 Å². The number of aromatic hydroxyl groups is 1. The number of aldehydes is 1. The fourth-order valence-corrected chi connectivity index (χ4v) is 5.06. The van der Waals surface area contributed by atoms with Crippen molar-refractivity contribution in [2.75, 3.05) is 23.3 Å². The van der Waals surface area contributed by atoms with Gasteiger partial charge in [0.25, 0.3) is 6.43 Å². The van der Waals surface area contributed by atoms with Gasteiger partial charge in [0.05, 0.1) is 23.4 Å². The standard InChI is InChI=1S/C26H20F3N5O3/c27-18-3-1-2-17(23(18)36)20-9-21-24(33-32-20)30-13-26(25(28)29)10-16(11-34(21)26)37-22-7-5-15-8-14(12-35)4-6-19(15)31-22/h1-9,12,16,25,36H,10-11,13H2,(H,30,33)/t16-,26-/m1/s1. The number of ether oxygens (including phenoxy) is 1. The summed E-state index contributed by atoms with van der Waals surface area (Å²) in [7, 11) is 0. The Labute approximate surface area is 208 Å². The molecule has 6 rings (SSSR count). The van der Waals surface area contributed by atoms with Gasteiger partial charge in [0.1, 0.15) is 17.9 Å². The Morgan fingerprint density at radius 2 is 2.03 bits per heavy atom. The Kier molecular flexibility index (Phi) is 5.36. The Morgan fingerprint density at radius 1 is 1.16 bits per heavy atom. The van der Waals surface area contributed by atoms with Crippen molar-refractivity contribution >= 4 is 28.7 Å². The molecule has 0 radical (unpaired) electrons. The number of alkyl halides is 2. The van der Waals surface area contributed by atoms with Crippen LogP contribution in [0.4, 0.5) is 24.7 Å². The van der Waals surface area contributed by atoms with Crippen molar-refractivity contribution in [1.29, 1.82) is 0 Å². The van der Waals surface area contributed by atoms with Gasteiger partial charge in [-0.3, -0.25) is 4.79 Å². The fraction of sp³-hybridized carbons (Fsp3) is 0.231. The molecular formula is C26H20F3N5O3. The van der Waals surface area contributed by atoms with E-state index in [1.165, 1.54) is 18.2 Å². The smallest absolute Gasteiger partial charge is 0.263 e. The van der Waals surface area contributed by atoms with Crippen LogP contribution in [0.15, 0.2) is 54.6 Å². The molecule has 0 spiro atoms. The Hall–Kier alpha value is -4.41. The number of benzene rings is 2. The molecule has 0 aliphatic carbocycles. The first kappa shape index (κ1) is 23.0. The molecule has 2 aliphatic rings. The number of hydrogen-bond acceptors (Lipinski definition) is 8. The molecule has 0 unspecified atom stereocenters. The predicted molar refractivity (Wildman–Crippen MR) is 130 cm³/mol. The number of aromatic nitrogens is 3. The number of halogens is 3. The van der Waals surface area contributed by atoms with Crippen molar-refractivity contribution in [3.8, 4) is 22.9 Å². The van der Waals surface area contributed by atoms with Gasteiger partial charge in [0, 0.05) is 35.5 Å². The second-order valence-electron chi connectivity index (χ2n) is 9.13. The van der Waals surface area contributed by atoms with Gasteiger partial charge in [-0.05, 0) is 42.5 Å². The summed E-state index contributed by atoms with van der Waals surface area (Å²) >= 11 is 0. The van der Waals surface area contributed by atoms with E-state index < -0.39 is 29.6 Å². The van der Waals surface area contributed by atoms with Crippen LogP contribution in [0.1, 0.15) is 16.8 Å². The normalized spacial score (nSPS) is 20.4. The van der Waals surface area contributed by atoms with Crippen LogP contribution in [-0.2, 0) is 0 Å². The molecule has 11 heteroatoms. The molecule has 1 fully saturated rings. The molecule has 4 aromatic rings. The lowest BCUT2D eigenvalue weighted by Crippen LogP contribution is -2.57. The van der Waals surface area contributed by atoms with Gasteiger partial charge in [0.15, 0.2) is 17.4 Å². The molecule has 188 valence electrons. The van der Waals surface area contributed by atoms with Gasteiger partial charge in [-0.15, -0.1) is 10.2 Å². The van der Waals surface area contributed by atoms with Crippen molar-refractivity contribution in [1.82, 2.24) is 15.2 Å². The topological polar surface area (TPSA) is 100 Å². The average molecular weight is 507 g/mol. The van der Waals surface area contributed by atoms with Crippen molar-refractivity contribution in [3.63, 3.8) is 0 Å². The van der Waals surface area contributed by atoms with E-state index in [9.17, 15) is 23.1 Å². The van der Waals surface area contributed by atoms with E-state index in [-0.39, 0.29) is 36.6 Å². The molecule has 0 bridgehead atoms. The lowest BCUT2D eigenvalue weighted by Gasteiger charge is -2.43. The summed E-state index contributed by atoms with van der Waals surface area (Å²) in [6.45, 7) is 0.0550. The molecule has 2 atom stereocenters. The first-order valence-corrected chi connectivity index (χ1v) is 11.6. The van der Waals surface area contributed by atoms with E-state index in [1.54, 1.807) is 35.2 Å². The molecule has 0 amide bonds. The molecule has 8 nitrogen and oxygen atoms in total. The number of rotatable bonds is 5. The predicted octanol–water partition coefficient (Wildman–Crippen LogP) is 4.44. The summed E-state index contributed by atoms with van der Waals surface area (Å²) in [5.41, 5.74) is 0.182. The summed E-state index contributed by atoms with van der Waals surface area (Å²) < 4.78 is 49.2. The Morgan fingerprint density at radius 3 is 2.84 bits per heavy atom. The van der Waals surface area contributed by atoms with Crippen molar-refractivity contribution in [2.45, 2.75) is 24.5 Å². The number of nitrogens with one attached hydrogen (secondary N) is 1. The van der Waals surface area contributed by atoms with E-state index in [2.05, 4.69) is 20.5 Å². The van der Waals surface area contributed by atoms with Crippen LogP contribution < -0.4 is 15.0 Å². The zero-order chi connectivity index (χ0) is 25.7. The van der Waals surface area contributed by atoms with Crippen molar-refractivity contribution in [2.24, 2.45) is 0 Å². The minimum absolute atomic E-state index is 0.0176. The van der Waals surface area contributed by atoms with Crippen LogP contribution in [0.3, 0.4) is 0 Å². The minimum Gasteiger partial charge on any atom is -0.504 e. The van der Waals surface area contributed by atoms with Crippen molar-refractivity contribution < 1.29 is 27.8 Å². The zero-order valence-corrected chi connectivity index (χ0v) is 19.2. The molecule has 1 saturated heterocycles. The van der Waals surface area contributed by atoms with E-state index in [0.29, 0.717) is 22.6 Å². The Bertz CT molecular complexity index is 1540. The number of para-hydroxylation sites is 1. The first-order chi connectivity index (χ1) is 17.9. The highest BCUT2D eigenvalue weighted by Gasteiger charge is 2.56. The van der Waals surface area contributed by atoms with E-state index in [4.69, 9.17) is 4.74 Å². The van der Waals surface area contributed by atoms with Crippen molar-refractivity contribution in [3.05, 3.63) is 66.0 Å². The Balaban J connectivity index is 1.33. The summed E-state index contributed by atoms with van der Waals surface area (Å²) in [4.78, 5) is 17.0. The fourth-order valence-electron chi connectivity index (χ4n) is 5.06. The van der Waals surface area contributed by atoms with Gasteiger partial charge in [-0.1, -0.05) is 6.07 Å². The number of fused-ring (bicyclic) bond motifs is 4. The molecule has 2 aromatic heterocycles. The number of nitrogens with zero attached hydrogens (tertiary/aromatic N) is 4. The molecule has 2 aliphatic heterocycles. The van der Waals surface area contributed by atoms with Gasteiger partial charge in [-0.25, -0.2) is 18.2 Å². The molecule has 2 aromatic carbocycles. The highest BCUT2D eigenvalue weighted by molar-refractivity contribution is 5.87. The number of phenolic OH excluding ortho intramolecular Hbond substituents is 1. The van der Waals surface area contributed by atoms with Gasteiger partial charge in [-0.2, -0.15) is 0 Å². The van der Waals surface area contributed by atoms with Crippen LogP contribution in [0.2, 0.25) is 0 Å². The number of carbonyl (C=O) groups excluding carboxylic acids is 1. The molecule has 4 heterocycles.